The van der Waals surface area contributed by atoms with Crippen LogP contribution >= 0.6 is 0 Å². The molecule has 1 nitrogen and oxygen atoms in total. The van der Waals surface area contributed by atoms with Crippen LogP contribution in [0.3, 0.4) is 0 Å². The summed E-state index contributed by atoms with van der Waals surface area (Å²) in [4.78, 5) is 10.5. The standard InChI is InChI=1S/C13H20OSi/c1-11(10-14)9-12-5-7-13(8-6-12)15(2,3)4/h5-8,10-11H,9H2,1-4H3. The van der Waals surface area contributed by atoms with Gasteiger partial charge in [0, 0.05) is 5.92 Å². The number of benzene rings is 1. The molecule has 0 aromatic heterocycles. The molecule has 0 aliphatic heterocycles. The normalized spacial score (nSPS) is 13.6. The van der Waals surface area contributed by atoms with Gasteiger partial charge in [0.2, 0.25) is 0 Å². The monoisotopic (exact) mass is 220 g/mol. The Hall–Kier alpha value is -0.893. The molecule has 0 N–H and O–H groups in total. The van der Waals surface area contributed by atoms with Crippen LogP contribution in [0, 0.1) is 5.92 Å². The zero-order valence-electron chi connectivity index (χ0n) is 10.1. The van der Waals surface area contributed by atoms with Crippen LogP contribution in [0.2, 0.25) is 19.6 Å². The molecule has 0 aliphatic carbocycles. The summed E-state index contributed by atoms with van der Waals surface area (Å²) in [5, 5.41) is 1.48. The van der Waals surface area contributed by atoms with Gasteiger partial charge in [0.15, 0.2) is 0 Å². The molecule has 15 heavy (non-hydrogen) atoms. The first kappa shape index (κ1) is 12.2. The molecular formula is C13H20OSi. The zero-order chi connectivity index (χ0) is 11.5. The Morgan fingerprint density at radius 2 is 1.73 bits per heavy atom. The second kappa shape index (κ2) is 4.75. The van der Waals surface area contributed by atoms with Gasteiger partial charge in [-0.05, 0) is 12.0 Å². The van der Waals surface area contributed by atoms with Gasteiger partial charge in [-0.2, -0.15) is 0 Å². The molecule has 1 rings (SSSR count). The van der Waals surface area contributed by atoms with Gasteiger partial charge in [-0.1, -0.05) is 56.0 Å². The van der Waals surface area contributed by atoms with Crippen LogP contribution in [-0.2, 0) is 11.2 Å². The molecule has 0 bridgehead atoms. The molecule has 0 heterocycles. The molecule has 0 radical (unpaired) electrons. The Bertz CT molecular complexity index is 321. The summed E-state index contributed by atoms with van der Waals surface area (Å²) in [6, 6.07) is 8.76. The van der Waals surface area contributed by atoms with E-state index in [1.165, 1.54) is 10.8 Å². The Morgan fingerprint density at radius 3 is 2.13 bits per heavy atom. The van der Waals surface area contributed by atoms with Gasteiger partial charge in [-0.15, -0.1) is 0 Å². The van der Waals surface area contributed by atoms with Crippen molar-refractivity contribution < 1.29 is 4.79 Å². The van der Waals surface area contributed by atoms with Crippen LogP contribution in [0.1, 0.15) is 12.5 Å². The SMILES string of the molecule is CC(C=O)Cc1ccc([Si](C)(C)C)cc1. The molecule has 0 saturated carbocycles. The molecule has 0 spiro atoms. The molecule has 0 amide bonds. The van der Waals surface area contributed by atoms with Crippen LogP contribution < -0.4 is 5.19 Å². The lowest BCUT2D eigenvalue weighted by Gasteiger charge is -2.16. The maximum absolute atomic E-state index is 10.5. The van der Waals surface area contributed by atoms with E-state index in [4.69, 9.17) is 0 Å². The van der Waals surface area contributed by atoms with Crippen molar-refractivity contribution in [1.29, 1.82) is 0 Å². The minimum absolute atomic E-state index is 0.128. The number of aldehydes is 1. The van der Waals surface area contributed by atoms with Crippen LogP contribution in [0.15, 0.2) is 24.3 Å². The third-order valence-corrected chi connectivity index (χ3v) is 4.68. The smallest absolute Gasteiger partial charge is 0.123 e. The largest absolute Gasteiger partial charge is 0.303 e. The van der Waals surface area contributed by atoms with Crippen molar-refractivity contribution in [2.24, 2.45) is 5.92 Å². The van der Waals surface area contributed by atoms with Crippen molar-refractivity contribution >= 4 is 19.5 Å². The highest BCUT2D eigenvalue weighted by Crippen LogP contribution is 2.08. The van der Waals surface area contributed by atoms with E-state index in [1.807, 2.05) is 6.92 Å². The average molecular weight is 220 g/mol. The van der Waals surface area contributed by atoms with Crippen molar-refractivity contribution in [2.75, 3.05) is 0 Å². The van der Waals surface area contributed by atoms with Crippen LogP contribution in [0.25, 0.3) is 0 Å². The molecule has 2 heteroatoms. The molecule has 82 valence electrons. The Kier molecular flexibility index (Phi) is 3.86. The van der Waals surface area contributed by atoms with Crippen molar-refractivity contribution in [1.82, 2.24) is 0 Å². The minimum Gasteiger partial charge on any atom is -0.303 e. The van der Waals surface area contributed by atoms with Gasteiger partial charge < -0.3 is 4.79 Å². The van der Waals surface area contributed by atoms with Gasteiger partial charge in [0.1, 0.15) is 6.29 Å². The minimum atomic E-state index is -1.17. The van der Waals surface area contributed by atoms with Crippen molar-refractivity contribution in [3.8, 4) is 0 Å². The fourth-order valence-electron chi connectivity index (χ4n) is 1.56. The van der Waals surface area contributed by atoms with E-state index in [2.05, 4.69) is 43.9 Å². The lowest BCUT2D eigenvalue weighted by atomic mass is 10.0. The van der Waals surface area contributed by atoms with Crippen LogP contribution in [0.4, 0.5) is 0 Å². The first-order valence-electron chi connectivity index (χ1n) is 5.48. The fourth-order valence-corrected chi connectivity index (χ4v) is 2.73. The van der Waals surface area contributed by atoms with Crippen molar-refractivity contribution in [3.63, 3.8) is 0 Å². The Morgan fingerprint density at radius 1 is 1.20 bits per heavy atom. The summed E-state index contributed by atoms with van der Waals surface area (Å²) < 4.78 is 0. The van der Waals surface area contributed by atoms with E-state index in [0.29, 0.717) is 0 Å². The third-order valence-electron chi connectivity index (χ3n) is 2.61. The topological polar surface area (TPSA) is 17.1 Å². The van der Waals surface area contributed by atoms with Crippen molar-refractivity contribution in [3.05, 3.63) is 29.8 Å². The van der Waals surface area contributed by atoms with Gasteiger partial charge in [-0.25, -0.2) is 0 Å². The summed E-state index contributed by atoms with van der Waals surface area (Å²) in [7, 11) is -1.17. The van der Waals surface area contributed by atoms with Gasteiger partial charge >= 0.3 is 0 Å². The quantitative estimate of drug-likeness (QED) is 0.563. The van der Waals surface area contributed by atoms with Crippen molar-refractivity contribution in [2.45, 2.75) is 33.0 Å². The highest BCUT2D eigenvalue weighted by atomic mass is 28.3. The maximum Gasteiger partial charge on any atom is 0.123 e. The van der Waals surface area contributed by atoms with E-state index in [9.17, 15) is 4.79 Å². The molecular weight excluding hydrogens is 200 g/mol. The number of hydrogen-bond donors (Lipinski definition) is 0. The number of carbonyl (C=O) groups excluding carboxylic acids is 1. The number of rotatable bonds is 4. The second-order valence-corrected chi connectivity index (χ2v) is 10.3. The molecule has 0 fully saturated rings. The van der Waals surface area contributed by atoms with E-state index >= 15 is 0 Å². The van der Waals surface area contributed by atoms with Gasteiger partial charge in [0.25, 0.3) is 0 Å². The average Bonchev–Trinajstić information content (AvgIpc) is 2.17. The van der Waals surface area contributed by atoms with E-state index in [-0.39, 0.29) is 5.92 Å². The Labute approximate surface area is 93.5 Å². The van der Waals surface area contributed by atoms with E-state index < -0.39 is 8.07 Å². The summed E-state index contributed by atoms with van der Waals surface area (Å²) in [6.07, 6.45) is 1.88. The first-order valence-corrected chi connectivity index (χ1v) is 8.98. The lowest BCUT2D eigenvalue weighted by molar-refractivity contribution is -0.110. The highest BCUT2D eigenvalue weighted by molar-refractivity contribution is 6.88. The first-order chi connectivity index (χ1) is 6.93. The predicted octanol–water partition coefficient (Wildman–Crippen LogP) is 2.61. The Balaban J connectivity index is 2.77. The van der Waals surface area contributed by atoms with E-state index in [1.54, 1.807) is 0 Å². The predicted molar refractivity (Wildman–Crippen MR) is 68.4 cm³/mol. The maximum atomic E-state index is 10.5. The van der Waals surface area contributed by atoms with Gasteiger partial charge in [0.05, 0.1) is 8.07 Å². The molecule has 0 saturated heterocycles. The lowest BCUT2D eigenvalue weighted by Crippen LogP contribution is -2.37. The number of carbonyl (C=O) groups is 1. The summed E-state index contributed by atoms with van der Waals surface area (Å²) >= 11 is 0. The third kappa shape index (κ3) is 3.63. The highest BCUT2D eigenvalue weighted by Gasteiger charge is 2.15. The van der Waals surface area contributed by atoms with Gasteiger partial charge in [-0.3, -0.25) is 0 Å². The second-order valence-electron chi connectivity index (χ2n) is 5.26. The molecule has 1 aromatic rings. The fraction of sp³-hybridized carbons (Fsp3) is 0.462. The summed E-state index contributed by atoms with van der Waals surface area (Å²) in [5.41, 5.74) is 1.26. The van der Waals surface area contributed by atoms with Crippen LogP contribution in [0.5, 0.6) is 0 Å². The summed E-state index contributed by atoms with van der Waals surface area (Å²) in [6.45, 7) is 8.99. The molecule has 0 aliphatic rings. The molecule has 1 aromatic carbocycles. The summed E-state index contributed by atoms with van der Waals surface area (Å²) in [5.74, 6) is 0.128. The molecule has 1 unspecified atom stereocenters. The number of hydrogen-bond acceptors (Lipinski definition) is 1. The van der Waals surface area contributed by atoms with E-state index in [0.717, 1.165) is 12.7 Å². The van der Waals surface area contributed by atoms with Crippen LogP contribution in [-0.4, -0.2) is 14.4 Å². The molecule has 1 atom stereocenters. The zero-order valence-corrected chi connectivity index (χ0v) is 11.1.